The molecule has 1 N–H and O–H groups in total. The highest BCUT2D eigenvalue weighted by Gasteiger charge is 2.14. The Balaban J connectivity index is 0.00000182. The molecule has 4 aromatic rings. The van der Waals surface area contributed by atoms with E-state index < -0.39 is 0 Å². The number of anilines is 2. The van der Waals surface area contributed by atoms with Crippen LogP contribution in [0.15, 0.2) is 54.0 Å². The maximum Gasteiger partial charge on any atom is 0.187 e. The van der Waals surface area contributed by atoms with Gasteiger partial charge in [0.2, 0.25) is 0 Å². The first-order valence-electron chi connectivity index (χ1n) is 7.56. The molecule has 4 rings (SSSR count). The minimum absolute atomic E-state index is 0. The monoisotopic (exact) mass is 372 g/mol. The smallest absolute Gasteiger partial charge is 0.187 e. The molecule has 0 unspecified atom stereocenters. The number of para-hydroxylation sites is 2. The number of imidazole rings is 1. The van der Waals surface area contributed by atoms with Crippen molar-refractivity contribution in [3.05, 3.63) is 59.7 Å². The Bertz CT molecular complexity index is 1010. The summed E-state index contributed by atoms with van der Waals surface area (Å²) in [6, 6.07) is 13.8. The van der Waals surface area contributed by atoms with E-state index in [1.54, 1.807) is 18.4 Å². The lowest BCUT2D eigenvalue weighted by molar-refractivity contribution is 0.417. The van der Waals surface area contributed by atoms with Gasteiger partial charge >= 0.3 is 0 Å². The molecule has 0 saturated carbocycles. The van der Waals surface area contributed by atoms with E-state index in [0.717, 1.165) is 39.3 Å². The number of fused-ring (bicyclic) bond motifs is 1. The molecule has 1 aromatic carbocycles. The second-order valence-electron chi connectivity index (χ2n) is 5.34. The lowest BCUT2D eigenvalue weighted by Crippen LogP contribution is -1.94. The molecule has 7 heteroatoms. The van der Waals surface area contributed by atoms with Crippen LogP contribution in [0.4, 0.5) is 10.8 Å². The summed E-state index contributed by atoms with van der Waals surface area (Å²) in [5, 5.41) is 6.19. The van der Waals surface area contributed by atoms with E-state index in [-0.39, 0.29) is 12.4 Å². The summed E-state index contributed by atoms with van der Waals surface area (Å²) in [6.45, 7) is 2.01. The van der Waals surface area contributed by atoms with Crippen molar-refractivity contribution in [1.82, 2.24) is 14.4 Å². The third kappa shape index (κ3) is 3.18. The van der Waals surface area contributed by atoms with Crippen LogP contribution < -0.4 is 10.1 Å². The topological polar surface area (TPSA) is 51.5 Å². The average molecular weight is 373 g/mol. The van der Waals surface area contributed by atoms with E-state index in [1.807, 2.05) is 61.0 Å². The third-order valence-corrected chi connectivity index (χ3v) is 4.56. The van der Waals surface area contributed by atoms with Gasteiger partial charge in [0.1, 0.15) is 17.1 Å². The number of methoxy groups -OCH3 is 1. The van der Waals surface area contributed by atoms with E-state index in [0.29, 0.717) is 0 Å². The summed E-state index contributed by atoms with van der Waals surface area (Å²) in [5.74, 6) is 0.792. The molecule has 0 atom stereocenters. The number of pyridine rings is 1. The van der Waals surface area contributed by atoms with E-state index in [9.17, 15) is 0 Å². The Morgan fingerprint density at radius 1 is 1.08 bits per heavy atom. The lowest BCUT2D eigenvalue weighted by atomic mass is 10.3. The number of hydrogen-bond donors (Lipinski definition) is 1. The molecule has 0 aliphatic rings. The molecule has 0 spiro atoms. The van der Waals surface area contributed by atoms with Crippen molar-refractivity contribution in [3.8, 4) is 17.1 Å². The molecule has 0 amide bonds. The van der Waals surface area contributed by atoms with Gasteiger partial charge in [0, 0.05) is 11.6 Å². The summed E-state index contributed by atoms with van der Waals surface area (Å²) >= 11 is 1.56. The molecule has 0 bridgehead atoms. The van der Waals surface area contributed by atoms with Crippen molar-refractivity contribution in [2.45, 2.75) is 6.92 Å². The molecule has 3 heterocycles. The van der Waals surface area contributed by atoms with Crippen LogP contribution >= 0.6 is 23.7 Å². The summed E-state index contributed by atoms with van der Waals surface area (Å²) in [4.78, 5) is 9.32. The number of thiazole rings is 1. The third-order valence-electron chi connectivity index (χ3n) is 3.80. The molecule has 0 fully saturated rings. The minimum atomic E-state index is 0. The molecule has 0 radical (unpaired) electrons. The molecule has 3 aromatic heterocycles. The number of aromatic nitrogens is 3. The first kappa shape index (κ1) is 17.3. The van der Waals surface area contributed by atoms with Gasteiger partial charge in [0.05, 0.1) is 24.2 Å². The van der Waals surface area contributed by atoms with Crippen LogP contribution in [0.25, 0.3) is 17.0 Å². The predicted octanol–water partition coefficient (Wildman–Crippen LogP) is 4.94. The fraction of sp³-hybridized carbons (Fsp3) is 0.111. The number of aryl methyl sites for hydroxylation is 1. The maximum atomic E-state index is 5.37. The molecule has 0 aliphatic heterocycles. The second kappa shape index (κ2) is 7.13. The van der Waals surface area contributed by atoms with Crippen LogP contribution in [0, 0.1) is 6.92 Å². The maximum absolute atomic E-state index is 5.37. The standard InChI is InChI=1S/C18H16N4OS.ClH/c1-12-17(22-10-6-5-9-16(22)19-12)14-11-24-18(21-14)20-13-7-3-4-8-15(13)23-2;/h3-11H,1-2H3,(H,20,21);1H. The average Bonchev–Trinajstić information content (AvgIpc) is 3.18. The number of nitrogens with one attached hydrogen (secondary N) is 1. The predicted molar refractivity (Wildman–Crippen MR) is 105 cm³/mol. The largest absolute Gasteiger partial charge is 0.495 e. The highest BCUT2D eigenvalue weighted by Crippen LogP contribution is 2.32. The number of hydrogen-bond acceptors (Lipinski definition) is 5. The normalized spacial score (nSPS) is 10.5. The molecule has 0 aliphatic carbocycles. The number of halogens is 1. The minimum Gasteiger partial charge on any atom is -0.495 e. The van der Waals surface area contributed by atoms with Crippen LogP contribution in [0.3, 0.4) is 0 Å². The fourth-order valence-electron chi connectivity index (χ4n) is 2.73. The first-order valence-corrected chi connectivity index (χ1v) is 8.44. The van der Waals surface area contributed by atoms with Gasteiger partial charge in [0.15, 0.2) is 5.13 Å². The quantitative estimate of drug-likeness (QED) is 0.551. The van der Waals surface area contributed by atoms with Gasteiger partial charge < -0.3 is 10.1 Å². The number of benzene rings is 1. The summed E-state index contributed by atoms with van der Waals surface area (Å²) in [6.07, 6.45) is 2.01. The van der Waals surface area contributed by atoms with Crippen molar-refractivity contribution in [3.63, 3.8) is 0 Å². The van der Waals surface area contributed by atoms with Crippen molar-refractivity contribution in [1.29, 1.82) is 0 Å². The summed E-state index contributed by atoms with van der Waals surface area (Å²) in [5.41, 5.74) is 4.73. The van der Waals surface area contributed by atoms with Crippen LogP contribution in [0.1, 0.15) is 5.69 Å². The van der Waals surface area contributed by atoms with Gasteiger partial charge in [-0.05, 0) is 31.2 Å². The summed E-state index contributed by atoms with van der Waals surface area (Å²) in [7, 11) is 1.66. The van der Waals surface area contributed by atoms with Crippen molar-refractivity contribution in [2.24, 2.45) is 0 Å². The molecular formula is C18H17ClN4OS. The van der Waals surface area contributed by atoms with Gasteiger partial charge in [-0.25, -0.2) is 9.97 Å². The fourth-order valence-corrected chi connectivity index (χ4v) is 3.43. The number of nitrogens with zero attached hydrogens (tertiary/aromatic N) is 3. The Morgan fingerprint density at radius 3 is 2.72 bits per heavy atom. The lowest BCUT2D eigenvalue weighted by Gasteiger charge is -2.08. The van der Waals surface area contributed by atoms with Gasteiger partial charge in [0.25, 0.3) is 0 Å². The van der Waals surface area contributed by atoms with Crippen molar-refractivity contribution >= 4 is 40.2 Å². The van der Waals surface area contributed by atoms with Crippen LogP contribution in [0.5, 0.6) is 5.75 Å². The van der Waals surface area contributed by atoms with E-state index in [4.69, 9.17) is 9.72 Å². The highest BCUT2D eigenvalue weighted by atomic mass is 35.5. The van der Waals surface area contributed by atoms with Gasteiger partial charge in [-0.15, -0.1) is 23.7 Å². The second-order valence-corrected chi connectivity index (χ2v) is 6.20. The molecule has 0 saturated heterocycles. The molecule has 128 valence electrons. The Hall–Kier alpha value is -2.57. The Morgan fingerprint density at radius 2 is 1.88 bits per heavy atom. The van der Waals surface area contributed by atoms with E-state index in [2.05, 4.69) is 14.7 Å². The van der Waals surface area contributed by atoms with E-state index >= 15 is 0 Å². The van der Waals surface area contributed by atoms with Crippen molar-refractivity contribution < 1.29 is 4.74 Å². The molecule has 25 heavy (non-hydrogen) atoms. The number of ether oxygens (including phenoxy) is 1. The zero-order chi connectivity index (χ0) is 16.5. The van der Waals surface area contributed by atoms with E-state index in [1.165, 1.54) is 0 Å². The van der Waals surface area contributed by atoms with Gasteiger partial charge in [-0.3, -0.25) is 4.40 Å². The number of rotatable bonds is 4. The van der Waals surface area contributed by atoms with Crippen LogP contribution in [-0.2, 0) is 0 Å². The summed E-state index contributed by atoms with van der Waals surface area (Å²) < 4.78 is 7.44. The Kier molecular flexibility index (Phi) is 4.92. The molecular weight excluding hydrogens is 356 g/mol. The van der Waals surface area contributed by atoms with Crippen molar-refractivity contribution in [2.75, 3.05) is 12.4 Å². The zero-order valence-electron chi connectivity index (χ0n) is 13.8. The van der Waals surface area contributed by atoms with Gasteiger partial charge in [-0.2, -0.15) is 0 Å². The van der Waals surface area contributed by atoms with Crippen LogP contribution in [0.2, 0.25) is 0 Å². The highest BCUT2D eigenvalue weighted by molar-refractivity contribution is 7.14. The van der Waals surface area contributed by atoms with Gasteiger partial charge in [-0.1, -0.05) is 18.2 Å². The SMILES string of the molecule is COc1ccccc1Nc1nc(-c2c(C)nc3ccccn23)cs1.Cl. The van der Waals surface area contributed by atoms with Crippen LogP contribution in [-0.4, -0.2) is 21.5 Å². The first-order chi connectivity index (χ1) is 11.8. The Labute approximate surface area is 155 Å². The molecule has 5 nitrogen and oxygen atoms in total. The zero-order valence-corrected chi connectivity index (χ0v) is 15.4.